The summed E-state index contributed by atoms with van der Waals surface area (Å²) in [5, 5.41) is 16.2. The van der Waals surface area contributed by atoms with E-state index in [2.05, 4.69) is 0 Å². The van der Waals surface area contributed by atoms with Crippen LogP contribution in [0.4, 0.5) is 0 Å². The molecule has 96 valence electrons. The largest absolute Gasteiger partial charge is 0.481 e. The highest BCUT2D eigenvalue weighted by atomic mass is 35.5. The van der Waals surface area contributed by atoms with Gasteiger partial charge in [0.15, 0.2) is 0 Å². The highest BCUT2D eigenvalue weighted by Gasteiger charge is 1.93. The molecule has 4 nitrogen and oxygen atoms in total. The maximum absolute atomic E-state index is 9.83. The molecule has 0 unspecified atom stereocenters. The molecule has 0 aliphatic heterocycles. The predicted octanol–water partition coefficient (Wildman–Crippen LogP) is 2.96. The predicted molar refractivity (Wildman–Crippen MR) is 64.4 cm³/mol. The van der Waals surface area contributed by atoms with Gasteiger partial charge in [0.1, 0.15) is 0 Å². The van der Waals surface area contributed by atoms with E-state index in [0.717, 1.165) is 12.8 Å². The number of unbranched alkanes of at least 4 members (excludes halogenated alkanes) is 2. The minimum absolute atomic E-state index is 0.243. The van der Waals surface area contributed by atoms with E-state index in [0.29, 0.717) is 24.6 Å². The average molecular weight is 273 g/mol. The minimum Gasteiger partial charge on any atom is -0.481 e. The lowest BCUT2D eigenvalue weighted by molar-refractivity contribution is -0.138. The second-order valence-corrected chi connectivity index (χ2v) is 3.84. The van der Waals surface area contributed by atoms with Crippen molar-refractivity contribution in [1.82, 2.24) is 0 Å². The SMILES string of the molecule is O=C(O)CCCCCl.O=C(O)CCCCCl. The lowest BCUT2D eigenvalue weighted by Gasteiger charge is -1.88. The lowest BCUT2D eigenvalue weighted by Crippen LogP contribution is -1.93. The quantitative estimate of drug-likeness (QED) is 0.526. The highest BCUT2D eigenvalue weighted by molar-refractivity contribution is 6.18. The summed E-state index contributed by atoms with van der Waals surface area (Å²) in [6, 6.07) is 0. The summed E-state index contributed by atoms with van der Waals surface area (Å²) in [6.45, 7) is 0. The number of aliphatic carboxylic acids is 2. The summed E-state index contributed by atoms with van der Waals surface area (Å²) in [6.07, 6.45) is 3.47. The van der Waals surface area contributed by atoms with Crippen LogP contribution in [0.25, 0.3) is 0 Å². The fraction of sp³-hybridized carbons (Fsp3) is 0.800. The fourth-order valence-corrected chi connectivity index (χ4v) is 1.12. The van der Waals surface area contributed by atoms with Crippen molar-refractivity contribution in [2.45, 2.75) is 38.5 Å². The van der Waals surface area contributed by atoms with Gasteiger partial charge < -0.3 is 10.2 Å². The maximum Gasteiger partial charge on any atom is 0.303 e. The summed E-state index contributed by atoms with van der Waals surface area (Å²) in [5.41, 5.74) is 0. The van der Waals surface area contributed by atoms with Gasteiger partial charge in [-0.2, -0.15) is 0 Å². The number of carboxylic acids is 2. The second kappa shape index (κ2) is 14.5. The number of hydrogen-bond acceptors (Lipinski definition) is 2. The van der Waals surface area contributed by atoms with E-state index >= 15 is 0 Å². The van der Waals surface area contributed by atoms with Gasteiger partial charge in [0.05, 0.1) is 0 Å². The van der Waals surface area contributed by atoms with E-state index < -0.39 is 11.9 Å². The van der Waals surface area contributed by atoms with Crippen LogP contribution in [0.2, 0.25) is 0 Å². The molecule has 0 heterocycles. The Morgan fingerprint density at radius 2 is 1.06 bits per heavy atom. The van der Waals surface area contributed by atoms with Crippen molar-refractivity contribution in [2.75, 3.05) is 11.8 Å². The molecule has 2 N–H and O–H groups in total. The van der Waals surface area contributed by atoms with Crippen LogP contribution in [0.5, 0.6) is 0 Å². The normalized spacial score (nSPS) is 9.12. The first kappa shape index (κ1) is 17.9. The van der Waals surface area contributed by atoms with Gasteiger partial charge in [-0.1, -0.05) is 0 Å². The number of carbonyl (C=O) groups is 2. The molecule has 0 aromatic rings. The number of carboxylic acid groups (broad SMARTS) is 2. The van der Waals surface area contributed by atoms with Gasteiger partial charge in [0.25, 0.3) is 0 Å². The van der Waals surface area contributed by atoms with Gasteiger partial charge in [-0.05, 0) is 25.7 Å². The van der Waals surface area contributed by atoms with E-state index in [1.54, 1.807) is 0 Å². The van der Waals surface area contributed by atoms with Gasteiger partial charge in [-0.15, -0.1) is 23.2 Å². The van der Waals surface area contributed by atoms with Crippen LogP contribution in [-0.2, 0) is 9.59 Å². The molecule has 0 aliphatic carbocycles. The number of alkyl halides is 2. The first-order valence-electron chi connectivity index (χ1n) is 5.10. The number of halogens is 2. The molecule has 0 saturated carbocycles. The number of hydrogen-bond donors (Lipinski definition) is 2. The Balaban J connectivity index is 0. The lowest BCUT2D eigenvalue weighted by atomic mass is 10.3. The van der Waals surface area contributed by atoms with Crippen LogP contribution in [-0.4, -0.2) is 33.9 Å². The van der Waals surface area contributed by atoms with E-state index in [1.807, 2.05) is 0 Å². The smallest absolute Gasteiger partial charge is 0.303 e. The zero-order chi connectivity index (χ0) is 12.8. The molecule has 0 atom stereocenters. The monoisotopic (exact) mass is 272 g/mol. The van der Waals surface area contributed by atoms with E-state index in [-0.39, 0.29) is 12.8 Å². The van der Waals surface area contributed by atoms with Crippen LogP contribution in [0.1, 0.15) is 38.5 Å². The van der Waals surface area contributed by atoms with Gasteiger partial charge in [0, 0.05) is 24.6 Å². The van der Waals surface area contributed by atoms with Crippen molar-refractivity contribution in [3.63, 3.8) is 0 Å². The highest BCUT2D eigenvalue weighted by Crippen LogP contribution is 1.96. The molecule has 0 spiro atoms. The first-order chi connectivity index (χ1) is 7.54. The van der Waals surface area contributed by atoms with Crippen molar-refractivity contribution < 1.29 is 19.8 Å². The Bertz CT molecular complexity index is 166. The van der Waals surface area contributed by atoms with Crippen molar-refractivity contribution in [3.8, 4) is 0 Å². The fourth-order valence-electron chi connectivity index (χ4n) is 0.741. The first-order valence-corrected chi connectivity index (χ1v) is 6.17. The van der Waals surface area contributed by atoms with Gasteiger partial charge >= 0.3 is 11.9 Å². The van der Waals surface area contributed by atoms with Crippen molar-refractivity contribution in [1.29, 1.82) is 0 Å². The third kappa shape index (κ3) is 23.4. The van der Waals surface area contributed by atoms with Crippen LogP contribution in [0.15, 0.2) is 0 Å². The molecular weight excluding hydrogens is 255 g/mol. The Kier molecular flexibility index (Phi) is 16.2. The van der Waals surface area contributed by atoms with Crippen molar-refractivity contribution in [2.24, 2.45) is 0 Å². The molecule has 16 heavy (non-hydrogen) atoms. The molecular formula is C10H18Cl2O4. The van der Waals surface area contributed by atoms with E-state index in [4.69, 9.17) is 33.4 Å². The van der Waals surface area contributed by atoms with Gasteiger partial charge in [-0.3, -0.25) is 9.59 Å². The van der Waals surface area contributed by atoms with Gasteiger partial charge in [-0.25, -0.2) is 0 Å². The molecule has 0 saturated heterocycles. The second-order valence-electron chi connectivity index (χ2n) is 3.08. The van der Waals surface area contributed by atoms with Crippen LogP contribution in [0, 0.1) is 0 Å². The standard InChI is InChI=1S/2C5H9ClO2/c2*6-4-2-1-3-5(7)8/h2*1-4H2,(H,7,8). The van der Waals surface area contributed by atoms with Gasteiger partial charge in [0.2, 0.25) is 0 Å². The molecule has 0 rings (SSSR count). The van der Waals surface area contributed by atoms with E-state index in [1.165, 1.54) is 0 Å². The molecule has 0 aromatic heterocycles. The Labute approximate surface area is 106 Å². The molecule has 6 heteroatoms. The Morgan fingerprint density at radius 1 is 0.750 bits per heavy atom. The molecule has 0 radical (unpaired) electrons. The van der Waals surface area contributed by atoms with Crippen LogP contribution < -0.4 is 0 Å². The molecule has 0 fully saturated rings. The zero-order valence-corrected chi connectivity index (χ0v) is 10.6. The summed E-state index contributed by atoms with van der Waals surface area (Å²) >= 11 is 10.6. The topological polar surface area (TPSA) is 74.6 Å². The van der Waals surface area contributed by atoms with Crippen molar-refractivity contribution in [3.05, 3.63) is 0 Å². The van der Waals surface area contributed by atoms with E-state index in [9.17, 15) is 9.59 Å². The Hall–Kier alpha value is -0.480. The molecule has 0 bridgehead atoms. The molecule has 0 aliphatic rings. The van der Waals surface area contributed by atoms with Crippen LogP contribution in [0.3, 0.4) is 0 Å². The maximum atomic E-state index is 9.83. The molecule has 0 amide bonds. The minimum atomic E-state index is -0.741. The van der Waals surface area contributed by atoms with Crippen LogP contribution >= 0.6 is 23.2 Å². The Morgan fingerprint density at radius 3 is 1.25 bits per heavy atom. The third-order valence-corrected chi connectivity index (χ3v) is 2.08. The third-order valence-electron chi connectivity index (χ3n) is 1.55. The summed E-state index contributed by atoms with van der Waals surface area (Å²) in [4.78, 5) is 19.7. The summed E-state index contributed by atoms with van der Waals surface area (Å²) < 4.78 is 0. The summed E-state index contributed by atoms with van der Waals surface area (Å²) in [7, 11) is 0. The van der Waals surface area contributed by atoms with Crippen molar-refractivity contribution >= 4 is 35.1 Å². The number of rotatable bonds is 8. The molecule has 0 aromatic carbocycles. The average Bonchev–Trinajstić information content (AvgIpc) is 2.18. The summed E-state index contributed by atoms with van der Waals surface area (Å²) in [5.74, 6) is -0.356. The zero-order valence-electron chi connectivity index (χ0n) is 9.12.